The van der Waals surface area contributed by atoms with Gasteiger partial charge in [-0.2, -0.15) is 9.97 Å². The second-order valence-corrected chi connectivity index (χ2v) is 3.47. The summed E-state index contributed by atoms with van der Waals surface area (Å²) >= 11 is 0. The van der Waals surface area contributed by atoms with Crippen molar-refractivity contribution in [3.05, 3.63) is 24.0 Å². The fourth-order valence-electron chi connectivity index (χ4n) is 1.60. The van der Waals surface area contributed by atoms with E-state index in [0.29, 0.717) is 23.4 Å². The Labute approximate surface area is 105 Å². The van der Waals surface area contributed by atoms with Crippen LogP contribution in [-0.4, -0.2) is 34.2 Å². The summed E-state index contributed by atoms with van der Waals surface area (Å²) < 4.78 is 10.5. The number of nitrogens with zero attached hydrogens (tertiary/aromatic N) is 4. The maximum atomic E-state index is 5.25. The first-order valence-electron chi connectivity index (χ1n) is 5.56. The molecule has 2 aromatic rings. The molecule has 6 heteroatoms. The molecule has 0 saturated heterocycles. The van der Waals surface area contributed by atoms with Crippen LogP contribution < -0.4 is 9.47 Å². The Morgan fingerprint density at radius 2 is 1.50 bits per heavy atom. The van der Waals surface area contributed by atoms with E-state index in [9.17, 15) is 0 Å². The zero-order valence-electron chi connectivity index (χ0n) is 10.5. The smallest absolute Gasteiger partial charge is 0.223 e. The molecule has 0 saturated carbocycles. The molecule has 0 bridgehead atoms. The molecule has 94 valence electrons. The average Bonchev–Trinajstić information content (AvgIpc) is 2.46. The number of methoxy groups -OCH3 is 2. The lowest BCUT2D eigenvalue weighted by atomic mass is 10.2. The van der Waals surface area contributed by atoms with Gasteiger partial charge in [-0.25, -0.2) is 9.97 Å². The summed E-state index contributed by atoms with van der Waals surface area (Å²) in [6, 6.07) is 1.73. The van der Waals surface area contributed by atoms with Crippen LogP contribution in [0.25, 0.3) is 11.6 Å². The third kappa shape index (κ3) is 2.22. The molecule has 0 radical (unpaired) electrons. The van der Waals surface area contributed by atoms with Crippen molar-refractivity contribution in [1.29, 1.82) is 0 Å². The van der Waals surface area contributed by atoms with Gasteiger partial charge in [0, 0.05) is 12.4 Å². The van der Waals surface area contributed by atoms with Gasteiger partial charge in [0.1, 0.15) is 0 Å². The van der Waals surface area contributed by atoms with Crippen molar-refractivity contribution in [3.63, 3.8) is 0 Å². The summed E-state index contributed by atoms with van der Waals surface area (Å²) in [6.45, 7) is 1.99. The Hall–Kier alpha value is -2.24. The lowest BCUT2D eigenvalue weighted by molar-refractivity contribution is 0.364. The Bertz CT molecular complexity index is 506. The van der Waals surface area contributed by atoms with E-state index in [2.05, 4.69) is 19.9 Å². The molecule has 18 heavy (non-hydrogen) atoms. The molecule has 6 nitrogen and oxygen atoms in total. The first-order chi connectivity index (χ1) is 8.80. The highest BCUT2D eigenvalue weighted by molar-refractivity contribution is 5.48. The van der Waals surface area contributed by atoms with Crippen LogP contribution in [0.3, 0.4) is 0 Å². The molecule has 2 heterocycles. The van der Waals surface area contributed by atoms with Crippen LogP contribution in [0.2, 0.25) is 0 Å². The van der Waals surface area contributed by atoms with E-state index in [4.69, 9.17) is 9.47 Å². The number of hydrogen-bond donors (Lipinski definition) is 0. The molecule has 2 aromatic heterocycles. The van der Waals surface area contributed by atoms with Crippen molar-refractivity contribution >= 4 is 0 Å². The summed E-state index contributed by atoms with van der Waals surface area (Å²) in [4.78, 5) is 16.8. The predicted octanol–water partition coefficient (Wildman–Crippen LogP) is 1.51. The minimum Gasteiger partial charge on any atom is -0.481 e. The zero-order valence-corrected chi connectivity index (χ0v) is 10.5. The van der Waals surface area contributed by atoms with E-state index in [0.717, 1.165) is 12.0 Å². The normalized spacial score (nSPS) is 10.2. The van der Waals surface area contributed by atoms with Crippen molar-refractivity contribution in [3.8, 4) is 23.4 Å². The van der Waals surface area contributed by atoms with Crippen molar-refractivity contribution in [2.45, 2.75) is 13.3 Å². The largest absolute Gasteiger partial charge is 0.481 e. The number of aromatic nitrogens is 4. The lowest BCUT2D eigenvalue weighted by Gasteiger charge is -2.11. The van der Waals surface area contributed by atoms with E-state index in [1.807, 2.05) is 6.92 Å². The predicted molar refractivity (Wildman–Crippen MR) is 65.5 cm³/mol. The number of rotatable bonds is 4. The van der Waals surface area contributed by atoms with Gasteiger partial charge in [0.05, 0.1) is 19.8 Å². The summed E-state index contributed by atoms with van der Waals surface area (Å²) in [7, 11) is 3.13. The lowest BCUT2D eigenvalue weighted by Crippen LogP contribution is -2.04. The third-order valence-corrected chi connectivity index (χ3v) is 2.44. The molecular formula is C12H14N4O2. The van der Waals surface area contributed by atoms with Crippen molar-refractivity contribution < 1.29 is 9.47 Å². The Kier molecular flexibility index (Phi) is 3.66. The molecule has 0 N–H and O–H groups in total. The maximum Gasteiger partial charge on any atom is 0.223 e. The molecule has 0 fully saturated rings. The van der Waals surface area contributed by atoms with Crippen LogP contribution in [0, 0.1) is 0 Å². The van der Waals surface area contributed by atoms with Crippen molar-refractivity contribution in [2.24, 2.45) is 0 Å². The van der Waals surface area contributed by atoms with Gasteiger partial charge in [0.25, 0.3) is 0 Å². The molecule has 0 atom stereocenters. The van der Waals surface area contributed by atoms with E-state index in [1.165, 1.54) is 0 Å². The monoisotopic (exact) mass is 246 g/mol. The highest BCUT2D eigenvalue weighted by atomic mass is 16.5. The molecular weight excluding hydrogens is 232 g/mol. The Morgan fingerprint density at radius 1 is 0.944 bits per heavy atom. The van der Waals surface area contributed by atoms with Gasteiger partial charge in [-0.05, 0) is 12.5 Å². The second kappa shape index (κ2) is 5.39. The molecule has 0 aliphatic carbocycles. The molecule has 0 aliphatic heterocycles. The van der Waals surface area contributed by atoms with Crippen LogP contribution >= 0.6 is 0 Å². The zero-order chi connectivity index (χ0) is 13.0. The van der Waals surface area contributed by atoms with Gasteiger partial charge in [-0.3, -0.25) is 0 Å². The quantitative estimate of drug-likeness (QED) is 0.814. The molecule has 0 aliphatic rings. The van der Waals surface area contributed by atoms with Gasteiger partial charge >= 0.3 is 0 Å². The molecule has 0 unspecified atom stereocenters. The maximum absolute atomic E-state index is 5.25. The molecule has 0 amide bonds. The summed E-state index contributed by atoms with van der Waals surface area (Å²) in [6.07, 6.45) is 4.00. The molecule has 2 rings (SSSR count). The van der Waals surface area contributed by atoms with Crippen LogP contribution in [0.15, 0.2) is 18.5 Å². The highest BCUT2D eigenvalue weighted by Crippen LogP contribution is 2.27. The van der Waals surface area contributed by atoms with Crippen LogP contribution in [0.4, 0.5) is 0 Å². The highest BCUT2D eigenvalue weighted by Gasteiger charge is 2.16. The number of hydrogen-bond acceptors (Lipinski definition) is 6. The van der Waals surface area contributed by atoms with Gasteiger partial charge in [0.2, 0.25) is 17.6 Å². The second-order valence-electron chi connectivity index (χ2n) is 3.47. The SMILES string of the molecule is CCc1c(OC)nc(-c2ncccn2)nc1OC. The van der Waals surface area contributed by atoms with E-state index >= 15 is 0 Å². The summed E-state index contributed by atoms with van der Waals surface area (Å²) in [5, 5.41) is 0. The minimum atomic E-state index is 0.390. The summed E-state index contributed by atoms with van der Waals surface area (Å²) in [5.41, 5.74) is 0.833. The first kappa shape index (κ1) is 12.2. The van der Waals surface area contributed by atoms with Crippen molar-refractivity contribution in [1.82, 2.24) is 19.9 Å². The third-order valence-electron chi connectivity index (χ3n) is 2.44. The fraction of sp³-hybridized carbons (Fsp3) is 0.333. The van der Waals surface area contributed by atoms with Gasteiger partial charge in [-0.1, -0.05) is 6.92 Å². The molecule has 0 spiro atoms. The van der Waals surface area contributed by atoms with Crippen LogP contribution in [0.5, 0.6) is 11.8 Å². The van der Waals surface area contributed by atoms with Crippen LogP contribution in [0.1, 0.15) is 12.5 Å². The fourth-order valence-corrected chi connectivity index (χ4v) is 1.60. The molecule has 0 aromatic carbocycles. The standard InChI is InChI=1S/C12H14N4O2/c1-4-8-11(17-2)15-10(16-12(8)18-3)9-13-6-5-7-14-9/h5-7H,4H2,1-3H3. The van der Waals surface area contributed by atoms with Crippen LogP contribution in [-0.2, 0) is 6.42 Å². The van der Waals surface area contributed by atoms with Gasteiger partial charge in [-0.15, -0.1) is 0 Å². The van der Waals surface area contributed by atoms with Gasteiger partial charge < -0.3 is 9.47 Å². The summed E-state index contributed by atoms with van der Waals surface area (Å²) in [5.74, 6) is 1.82. The minimum absolute atomic E-state index is 0.390. The Morgan fingerprint density at radius 3 is 1.94 bits per heavy atom. The Balaban J connectivity index is 2.57. The van der Waals surface area contributed by atoms with E-state index in [1.54, 1.807) is 32.7 Å². The topological polar surface area (TPSA) is 70.0 Å². The first-order valence-corrected chi connectivity index (χ1v) is 5.56. The van der Waals surface area contributed by atoms with Crippen molar-refractivity contribution in [2.75, 3.05) is 14.2 Å². The van der Waals surface area contributed by atoms with E-state index in [-0.39, 0.29) is 0 Å². The van der Waals surface area contributed by atoms with E-state index < -0.39 is 0 Å². The van der Waals surface area contributed by atoms with Gasteiger partial charge in [0.15, 0.2) is 5.82 Å². The number of ether oxygens (including phenoxy) is 2. The average molecular weight is 246 g/mol.